The molecule has 0 unspecified atom stereocenters. The Hall–Kier alpha value is -2.70. The molecule has 0 bridgehead atoms. The number of rotatable bonds is 6. The van der Waals surface area contributed by atoms with Crippen LogP contribution in [-0.2, 0) is 23.0 Å². The minimum absolute atomic E-state index is 0.0676. The van der Waals surface area contributed by atoms with Crippen LogP contribution in [0.15, 0.2) is 30.3 Å². The third-order valence-corrected chi connectivity index (χ3v) is 8.28. The molecule has 3 heterocycles. The van der Waals surface area contributed by atoms with Crippen LogP contribution in [0.4, 0.5) is 11.5 Å². The van der Waals surface area contributed by atoms with E-state index in [-0.39, 0.29) is 18.1 Å². The zero-order chi connectivity index (χ0) is 24.4. The maximum absolute atomic E-state index is 9.84. The summed E-state index contributed by atoms with van der Waals surface area (Å²) in [4.78, 5) is 12.3. The van der Waals surface area contributed by atoms with Crippen molar-refractivity contribution in [2.24, 2.45) is 5.41 Å². The van der Waals surface area contributed by atoms with Gasteiger partial charge in [-0.25, -0.2) is 9.97 Å². The normalized spacial score (nSPS) is 19.4. The Kier molecular flexibility index (Phi) is 5.31. The summed E-state index contributed by atoms with van der Waals surface area (Å²) in [6.07, 6.45) is 3.42. The number of hydrogen-bond acceptors (Lipinski definition) is 6. The number of aryl methyl sites for hydroxylation is 2. The summed E-state index contributed by atoms with van der Waals surface area (Å²) in [6, 6.07) is 10.9. The fraction of sp³-hybridized carbons (Fsp3) is 0.517. The largest absolute Gasteiger partial charge is 0.395 e. The maximum atomic E-state index is 9.84. The molecular formula is C29H36N4O2. The highest BCUT2D eigenvalue weighted by Gasteiger charge is 2.49. The van der Waals surface area contributed by atoms with Crippen molar-refractivity contribution in [1.29, 1.82) is 0 Å². The molecule has 1 spiro atoms. The third-order valence-electron chi connectivity index (χ3n) is 8.28. The number of aliphatic hydroxyl groups is 1. The predicted octanol–water partition coefficient (Wildman–Crippen LogP) is 4.71. The number of nitrogens with one attached hydrogen (secondary N) is 1. The lowest BCUT2D eigenvalue weighted by Gasteiger charge is -2.56. The van der Waals surface area contributed by atoms with Gasteiger partial charge in [-0.3, -0.25) is 0 Å². The highest BCUT2D eigenvalue weighted by molar-refractivity contribution is 5.96. The summed E-state index contributed by atoms with van der Waals surface area (Å²) >= 11 is 0. The number of benzene rings is 2. The van der Waals surface area contributed by atoms with E-state index >= 15 is 0 Å². The van der Waals surface area contributed by atoms with Gasteiger partial charge in [0, 0.05) is 35.6 Å². The van der Waals surface area contributed by atoms with E-state index in [2.05, 4.69) is 61.3 Å². The minimum atomic E-state index is -0.274. The number of nitrogens with zero attached hydrogens (tertiary/aromatic N) is 3. The van der Waals surface area contributed by atoms with Gasteiger partial charge in [-0.1, -0.05) is 38.1 Å². The summed E-state index contributed by atoms with van der Waals surface area (Å²) in [5, 5.41) is 14.7. The first-order chi connectivity index (χ1) is 16.8. The van der Waals surface area contributed by atoms with Crippen LogP contribution in [0.25, 0.3) is 10.9 Å². The average Bonchev–Trinajstić information content (AvgIpc) is 3.28. The molecule has 6 nitrogen and oxygen atoms in total. The van der Waals surface area contributed by atoms with Gasteiger partial charge in [-0.15, -0.1) is 0 Å². The summed E-state index contributed by atoms with van der Waals surface area (Å²) in [7, 11) is 0. The van der Waals surface area contributed by atoms with Gasteiger partial charge in [0.15, 0.2) is 0 Å². The van der Waals surface area contributed by atoms with Gasteiger partial charge >= 0.3 is 0 Å². The van der Waals surface area contributed by atoms with Crippen molar-refractivity contribution in [3.8, 4) is 0 Å². The van der Waals surface area contributed by atoms with Crippen LogP contribution in [0, 0.1) is 12.3 Å². The Morgan fingerprint density at radius 1 is 1.14 bits per heavy atom. The van der Waals surface area contributed by atoms with Crippen LogP contribution in [0.3, 0.4) is 0 Å². The van der Waals surface area contributed by atoms with Gasteiger partial charge in [0.25, 0.3) is 0 Å². The molecule has 6 heteroatoms. The zero-order valence-electron chi connectivity index (χ0n) is 21.3. The van der Waals surface area contributed by atoms with Crippen LogP contribution < -0.4 is 10.2 Å². The fourth-order valence-electron chi connectivity index (χ4n) is 5.97. The van der Waals surface area contributed by atoms with Crippen LogP contribution >= 0.6 is 0 Å². The van der Waals surface area contributed by atoms with E-state index in [9.17, 15) is 5.11 Å². The quantitative estimate of drug-likeness (QED) is 0.542. The van der Waals surface area contributed by atoms with Crippen LogP contribution in [0.5, 0.6) is 0 Å². The Labute approximate surface area is 207 Å². The molecule has 0 amide bonds. The highest BCUT2D eigenvalue weighted by atomic mass is 16.5. The molecule has 2 aliphatic heterocycles. The second kappa shape index (κ2) is 8.17. The van der Waals surface area contributed by atoms with Crippen molar-refractivity contribution < 1.29 is 9.84 Å². The molecule has 1 aliphatic carbocycles. The molecule has 1 aromatic heterocycles. The lowest BCUT2D eigenvalue weighted by atomic mass is 9.77. The molecule has 1 atom stereocenters. The molecule has 0 saturated carbocycles. The van der Waals surface area contributed by atoms with Crippen molar-refractivity contribution in [2.75, 3.05) is 43.1 Å². The molecule has 3 aliphatic rings. The second-order valence-corrected chi connectivity index (χ2v) is 11.6. The first-order valence-electron chi connectivity index (χ1n) is 12.9. The summed E-state index contributed by atoms with van der Waals surface area (Å²) < 4.78 is 5.51. The number of aliphatic hydroxyl groups excluding tert-OH is 1. The third kappa shape index (κ3) is 3.78. The molecular weight excluding hydrogens is 436 g/mol. The highest BCUT2D eigenvalue weighted by Crippen LogP contribution is 2.45. The Bertz CT molecular complexity index is 1290. The smallest absolute Gasteiger partial charge is 0.138 e. The van der Waals surface area contributed by atoms with Gasteiger partial charge in [-0.2, -0.15) is 0 Å². The number of fused-ring (bicyclic) bond motifs is 3. The average molecular weight is 473 g/mol. The second-order valence-electron chi connectivity index (χ2n) is 11.6. The standard InChI is InChI=1S/C29H36N4O2/c1-18(20-7-5-8-21(11-20)28(3,4)15-34)30-27-24-12-25(33-13-29(14-33)16-35-17-29)22-9-6-10-23(22)26(24)31-19(2)32-27/h5,7-8,11-12,18,34H,6,9-10,13-17H2,1-4H3,(H,30,31,32)/t18-/m1/s1. The van der Waals surface area contributed by atoms with E-state index in [4.69, 9.17) is 14.7 Å². The number of aromatic nitrogens is 2. The van der Waals surface area contributed by atoms with Crippen molar-refractivity contribution >= 4 is 22.4 Å². The number of ether oxygens (including phenoxy) is 1. The fourth-order valence-corrected chi connectivity index (χ4v) is 5.97. The SMILES string of the molecule is Cc1nc(N[C@H](C)c2cccc(C(C)(C)CO)c2)c2cc(N3CC4(COC4)C3)c3c(c2n1)CCC3. The minimum Gasteiger partial charge on any atom is -0.395 e. The number of anilines is 2. The van der Waals surface area contributed by atoms with Gasteiger partial charge in [0.1, 0.15) is 11.6 Å². The van der Waals surface area contributed by atoms with Crippen LogP contribution in [-0.4, -0.2) is 48.0 Å². The van der Waals surface area contributed by atoms with E-state index in [1.165, 1.54) is 28.8 Å². The molecule has 3 aromatic rings. The lowest BCUT2D eigenvalue weighted by molar-refractivity contribution is -0.127. The van der Waals surface area contributed by atoms with Gasteiger partial charge in [0.05, 0.1) is 30.8 Å². The summed E-state index contributed by atoms with van der Waals surface area (Å²) in [5.41, 5.74) is 7.82. The van der Waals surface area contributed by atoms with Gasteiger partial charge < -0.3 is 20.1 Å². The molecule has 2 N–H and O–H groups in total. The van der Waals surface area contributed by atoms with E-state index < -0.39 is 0 Å². The van der Waals surface area contributed by atoms with E-state index in [0.29, 0.717) is 5.41 Å². The molecule has 2 aromatic carbocycles. The van der Waals surface area contributed by atoms with E-state index in [0.717, 1.165) is 67.3 Å². The molecule has 2 saturated heterocycles. The summed E-state index contributed by atoms with van der Waals surface area (Å²) in [5.74, 6) is 1.71. The Balaban J connectivity index is 1.37. The first-order valence-corrected chi connectivity index (χ1v) is 12.9. The van der Waals surface area contributed by atoms with E-state index in [1.807, 2.05) is 6.92 Å². The van der Waals surface area contributed by atoms with Crippen molar-refractivity contribution in [3.05, 3.63) is 58.4 Å². The van der Waals surface area contributed by atoms with Crippen LogP contribution in [0.2, 0.25) is 0 Å². The van der Waals surface area contributed by atoms with E-state index in [1.54, 1.807) is 0 Å². The van der Waals surface area contributed by atoms with Crippen molar-refractivity contribution in [1.82, 2.24) is 9.97 Å². The maximum Gasteiger partial charge on any atom is 0.138 e. The zero-order valence-corrected chi connectivity index (χ0v) is 21.3. The molecule has 0 radical (unpaired) electrons. The van der Waals surface area contributed by atoms with Crippen molar-refractivity contribution in [2.45, 2.75) is 58.4 Å². The van der Waals surface area contributed by atoms with Crippen LogP contribution in [0.1, 0.15) is 61.3 Å². The molecule has 184 valence electrons. The lowest BCUT2D eigenvalue weighted by Crippen LogP contribution is -2.66. The molecule has 2 fully saturated rings. The molecule has 6 rings (SSSR count). The molecule has 35 heavy (non-hydrogen) atoms. The van der Waals surface area contributed by atoms with Gasteiger partial charge in [0.2, 0.25) is 0 Å². The summed E-state index contributed by atoms with van der Waals surface area (Å²) in [6.45, 7) is 12.4. The monoisotopic (exact) mass is 472 g/mol. The first kappa shape index (κ1) is 22.7. The van der Waals surface area contributed by atoms with Gasteiger partial charge in [-0.05, 0) is 61.4 Å². The number of hydrogen-bond donors (Lipinski definition) is 2. The Morgan fingerprint density at radius 3 is 2.63 bits per heavy atom. The topological polar surface area (TPSA) is 70.5 Å². The predicted molar refractivity (Wildman–Crippen MR) is 140 cm³/mol. The Morgan fingerprint density at radius 2 is 1.91 bits per heavy atom. The van der Waals surface area contributed by atoms with Crippen molar-refractivity contribution in [3.63, 3.8) is 0 Å².